The van der Waals surface area contributed by atoms with E-state index in [0.29, 0.717) is 18.8 Å². The third kappa shape index (κ3) is 4.06. The van der Waals surface area contributed by atoms with Crippen LogP contribution in [0.25, 0.3) is 5.69 Å². The Morgan fingerprint density at radius 3 is 2.86 bits per heavy atom. The predicted molar refractivity (Wildman–Crippen MR) is 81.6 cm³/mol. The van der Waals surface area contributed by atoms with E-state index in [9.17, 15) is 4.79 Å². The van der Waals surface area contributed by atoms with E-state index in [-0.39, 0.29) is 6.03 Å². The molecule has 1 heterocycles. The van der Waals surface area contributed by atoms with Gasteiger partial charge in [0.1, 0.15) is 5.82 Å². The molecule has 6 heteroatoms. The lowest BCUT2D eigenvalue weighted by molar-refractivity contribution is 0.184. The third-order valence-corrected chi connectivity index (χ3v) is 3.08. The molecule has 0 spiro atoms. The minimum Gasteiger partial charge on any atom is -0.393 e. The first-order chi connectivity index (χ1) is 10.1. The molecule has 2 rings (SSSR count). The highest BCUT2D eigenvalue weighted by atomic mass is 16.3. The van der Waals surface area contributed by atoms with E-state index < -0.39 is 6.10 Å². The van der Waals surface area contributed by atoms with Crippen molar-refractivity contribution in [2.45, 2.75) is 26.4 Å². The molecule has 2 aromatic rings. The molecule has 112 valence electrons. The number of anilines is 1. The van der Waals surface area contributed by atoms with Crippen LogP contribution in [0, 0.1) is 6.92 Å². The van der Waals surface area contributed by atoms with Crippen molar-refractivity contribution >= 4 is 11.8 Å². The molecule has 0 saturated carbocycles. The second-order valence-corrected chi connectivity index (χ2v) is 4.93. The number of hydrogen-bond acceptors (Lipinski definition) is 3. The van der Waals surface area contributed by atoms with E-state index in [1.165, 1.54) is 0 Å². The highest BCUT2D eigenvalue weighted by Crippen LogP contribution is 2.17. The Hall–Kier alpha value is -2.34. The van der Waals surface area contributed by atoms with Crippen molar-refractivity contribution in [2.75, 3.05) is 11.9 Å². The Labute approximate surface area is 123 Å². The largest absolute Gasteiger partial charge is 0.393 e. The number of aryl methyl sites for hydroxylation is 1. The number of para-hydroxylation sites is 1. The Morgan fingerprint density at radius 1 is 1.38 bits per heavy atom. The van der Waals surface area contributed by atoms with Gasteiger partial charge in [0.25, 0.3) is 0 Å². The molecule has 6 nitrogen and oxygen atoms in total. The van der Waals surface area contributed by atoms with Crippen LogP contribution < -0.4 is 10.6 Å². The smallest absolute Gasteiger partial charge is 0.320 e. The van der Waals surface area contributed by atoms with Crippen molar-refractivity contribution in [3.05, 3.63) is 42.1 Å². The zero-order valence-corrected chi connectivity index (χ0v) is 12.2. The Kier molecular flexibility index (Phi) is 4.94. The minimum absolute atomic E-state index is 0.314. The number of rotatable bonds is 5. The van der Waals surface area contributed by atoms with Gasteiger partial charge >= 0.3 is 6.03 Å². The molecule has 1 aromatic heterocycles. The van der Waals surface area contributed by atoms with Crippen LogP contribution in [-0.2, 0) is 0 Å². The summed E-state index contributed by atoms with van der Waals surface area (Å²) in [5.41, 5.74) is 1.99. The Morgan fingerprint density at radius 2 is 2.14 bits per heavy atom. The fourth-order valence-electron chi connectivity index (χ4n) is 1.95. The van der Waals surface area contributed by atoms with Crippen LogP contribution in [0.5, 0.6) is 0 Å². The Bertz CT molecular complexity index is 607. The SMILES string of the molecule is Cc1ccccc1-n1nccc1NC(=O)NCCC(C)O. The zero-order valence-electron chi connectivity index (χ0n) is 12.2. The third-order valence-electron chi connectivity index (χ3n) is 3.08. The highest BCUT2D eigenvalue weighted by molar-refractivity contribution is 5.88. The normalized spacial score (nSPS) is 12.0. The molecule has 3 N–H and O–H groups in total. The first kappa shape index (κ1) is 15.1. The standard InChI is InChI=1S/C15H20N4O2/c1-11-5-3-4-6-13(11)19-14(8-10-17-19)18-15(21)16-9-7-12(2)20/h3-6,8,10,12,20H,7,9H2,1-2H3,(H2,16,18,21). The molecule has 0 bridgehead atoms. The van der Waals surface area contributed by atoms with Crippen molar-refractivity contribution < 1.29 is 9.90 Å². The maximum absolute atomic E-state index is 11.8. The summed E-state index contributed by atoms with van der Waals surface area (Å²) in [4.78, 5) is 11.8. The highest BCUT2D eigenvalue weighted by Gasteiger charge is 2.10. The molecule has 0 aliphatic carbocycles. The number of aliphatic hydroxyl groups is 1. The lowest BCUT2D eigenvalue weighted by Gasteiger charge is -2.12. The van der Waals surface area contributed by atoms with Crippen LogP contribution in [-0.4, -0.2) is 33.6 Å². The summed E-state index contributed by atoms with van der Waals surface area (Å²) in [6, 6.07) is 9.24. The summed E-state index contributed by atoms with van der Waals surface area (Å²) < 4.78 is 1.68. The van der Waals surface area contributed by atoms with E-state index in [2.05, 4.69) is 15.7 Å². The van der Waals surface area contributed by atoms with Gasteiger partial charge in [-0.15, -0.1) is 0 Å². The molecule has 1 atom stereocenters. The van der Waals surface area contributed by atoms with Gasteiger partial charge in [0.15, 0.2) is 0 Å². The fraction of sp³-hybridized carbons (Fsp3) is 0.333. The number of aliphatic hydroxyl groups excluding tert-OH is 1. The molecule has 1 aromatic carbocycles. The van der Waals surface area contributed by atoms with Crippen molar-refractivity contribution in [1.82, 2.24) is 15.1 Å². The van der Waals surface area contributed by atoms with Crippen LogP contribution >= 0.6 is 0 Å². The molecule has 0 aliphatic heterocycles. The molecule has 21 heavy (non-hydrogen) atoms. The molecule has 0 fully saturated rings. The molecule has 0 radical (unpaired) electrons. The van der Waals surface area contributed by atoms with Gasteiger partial charge < -0.3 is 10.4 Å². The number of hydrogen-bond donors (Lipinski definition) is 3. The van der Waals surface area contributed by atoms with Crippen molar-refractivity contribution in [3.8, 4) is 5.69 Å². The van der Waals surface area contributed by atoms with E-state index in [1.807, 2.05) is 31.2 Å². The summed E-state index contributed by atoms with van der Waals surface area (Å²) in [5.74, 6) is 0.596. The van der Waals surface area contributed by atoms with Gasteiger partial charge in [-0.1, -0.05) is 18.2 Å². The van der Waals surface area contributed by atoms with Crippen LogP contribution in [0.3, 0.4) is 0 Å². The van der Waals surface area contributed by atoms with Crippen LogP contribution in [0.4, 0.5) is 10.6 Å². The van der Waals surface area contributed by atoms with E-state index >= 15 is 0 Å². The van der Waals surface area contributed by atoms with Crippen molar-refractivity contribution in [2.24, 2.45) is 0 Å². The van der Waals surface area contributed by atoms with E-state index in [1.54, 1.807) is 23.9 Å². The number of nitrogens with one attached hydrogen (secondary N) is 2. The van der Waals surface area contributed by atoms with Crippen LogP contribution in [0.15, 0.2) is 36.5 Å². The minimum atomic E-state index is -0.428. The van der Waals surface area contributed by atoms with Gasteiger partial charge in [-0.05, 0) is 31.9 Å². The van der Waals surface area contributed by atoms with Crippen LogP contribution in [0.1, 0.15) is 18.9 Å². The molecule has 0 aliphatic rings. The summed E-state index contributed by atoms with van der Waals surface area (Å²) in [6.07, 6.45) is 1.73. The zero-order chi connectivity index (χ0) is 15.2. The molecule has 2 amide bonds. The monoisotopic (exact) mass is 288 g/mol. The average molecular weight is 288 g/mol. The predicted octanol–water partition coefficient (Wildman–Crippen LogP) is 2.07. The van der Waals surface area contributed by atoms with Gasteiger partial charge in [-0.3, -0.25) is 5.32 Å². The number of urea groups is 1. The number of amides is 2. The van der Waals surface area contributed by atoms with Crippen LogP contribution in [0.2, 0.25) is 0 Å². The van der Waals surface area contributed by atoms with Gasteiger partial charge in [0.05, 0.1) is 18.0 Å². The second kappa shape index (κ2) is 6.90. The number of carbonyl (C=O) groups excluding carboxylic acids is 1. The number of nitrogens with zero attached hydrogens (tertiary/aromatic N) is 2. The first-order valence-corrected chi connectivity index (χ1v) is 6.91. The second-order valence-electron chi connectivity index (χ2n) is 4.93. The number of carbonyl (C=O) groups is 1. The molecule has 0 saturated heterocycles. The molecular formula is C15H20N4O2. The topological polar surface area (TPSA) is 79.2 Å². The van der Waals surface area contributed by atoms with Crippen molar-refractivity contribution in [3.63, 3.8) is 0 Å². The maximum atomic E-state index is 11.8. The lowest BCUT2D eigenvalue weighted by Crippen LogP contribution is -2.31. The van der Waals surface area contributed by atoms with E-state index in [0.717, 1.165) is 11.3 Å². The van der Waals surface area contributed by atoms with E-state index in [4.69, 9.17) is 5.11 Å². The van der Waals surface area contributed by atoms with Gasteiger partial charge in [-0.25, -0.2) is 9.48 Å². The Balaban J connectivity index is 2.04. The maximum Gasteiger partial charge on any atom is 0.320 e. The molecule has 1 unspecified atom stereocenters. The quantitative estimate of drug-likeness (QED) is 0.788. The van der Waals surface area contributed by atoms with Crippen molar-refractivity contribution in [1.29, 1.82) is 0 Å². The number of aromatic nitrogens is 2. The summed E-state index contributed by atoms with van der Waals surface area (Å²) in [6.45, 7) is 4.10. The summed E-state index contributed by atoms with van der Waals surface area (Å²) in [7, 11) is 0. The van der Waals surface area contributed by atoms with Gasteiger partial charge in [0.2, 0.25) is 0 Å². The first-order valence-electron chi connectivity index (χ1n) is 6.91. The van der Waals surface area contributed by atoms with Gasteiger partial charge in [0, 0.05) is 12.6 Å². The molecular weight excluding hydrogens is 268 g/mol. The summed E-state index contributed by atoms with van der Waals surface area (Å²) >= 11 is 0. The fourth-order valence-corrected chi connectivity index (χ4v) is 1.95. The summed E-state index contributed by atoms with van der Waals surface area (Å²) in [5, 5.41) is 18.9. The average Bonchev–Trinajstić information content (AvgIpc) is 2.86. The van der Waals surface area contributed by atoms with Gasteiger partial charge in [-0.2, -0.15) is 5.10 Å². The number of benzene rings is 1. The lowest BCUT2D eigenvalue weighted by atomic mass is 10.2.